The van der Waals surface area contributed by atoms with Crippen molar-refractivity contribution in [3.8, 4) is 5.75 Å². The van der Waals surface area contributed by atoms with E-state index in [-0.39, 0.29) is 23.3 Å². The van der Waals surface area contributed by atoms with Gasteiger partial charge in [0, 0.05) is 11.8 Å². The van der Waals surface area contributed by atoms with Gasteiger partial charge < -0.3 is 9.84 Å². The fourth-order valence-electron chi connectivity index (χ4n) is 3.64. The maximum Gasteiger partial charge on any atom is 0.301 e. The topological polar surface area (TPSA) is 79.7 Å². The smallest absolute Gasteiger partial charge is 0.301 e. The molecule has 2 heterocycles. The highest BCUT2D eigenvalue weighted by molar-refractivity contribution is 6.51. The van der Waals surface area contributed by atoms with Gasteiger partial charge in [-0.2, -0.15) is 0 Å². The number of ketones is 1. The van der Waals surface area contributed by atoms with Crippen LogP contribution in [0.4, 0.5) is 10.2 Å². The van der Waals surface area contributed by atoms with Crippen molar-refractivity contribution in [2.24, 2.45) is 0 Å². The third kappa shape index (κ3) is 3.97. The van der Waals surface area contributed by atoms with Crippen molar-refractivity contribution in [2.45, 2.75) is 26.0 Å². The number of benzene rings is 2. The number of aliphatic hydroxyl groups excluding tert-OH is 1. The van der Waals surface area contributed by atoms with E-state index in [2.05, 4.69) is 4.98 Å². The number of aromatic nitrogens is 1. The van der Waals surface area contributed by atoms with E-state index in [9.17, 15) is 19.1 Å². The molecule has 7 heteroatoms. The molecule has 162 valence electrons. The summed E-state index contributed by atoms with van der Waals surface area (Å²) in [5.74, 6) is -1.58. The first-order valence-electron chi connectivity index (χ1n) is 10.1. The highest BCUT2D eigenvalue weighted by Crippen LogP contribution is 2.41. The molecule has 1 saturated heterocycles. The molecule has 1 N–H and O–H groups in total. The molecule has 4 rings (SSSR count). The summed E-state index contributed by atoms with van der Waals surface area (Å²) < 4.78 is 19.2. The number of halogens is 1. The van der Waals surface area contributed by atoms with Gasteiger partial charge in [0.25, 0.3) is 5.78 Å². The molecule has 1 aromatic heterocycles. The van der Waals surface area contributed by atoms with Crippen LogP contribution >= 0.6 is 0 Å². The Labute approximate surface area is 184 Å². The second-order valence-electron chi connectivity index (χ2n) is 7.60. The number of rotatable bonds is 5. The second-order valence-corrected chi connectivity index (χ2v) is 7.60. The molecule has 0 spiro atoms. The summed E-state index contributed by atoms with van der Waals surface area (Å²) in [6.45, 7) is 3.80. The van der Waals surface area contributed by atoms with Crippen molar-refractivity contribution in [3.63, 3.8) is 0 Å². The first-order valence-corrected chi connectivity index (χ1v) is 10.1. The van der Waals surface area contributed by atoms with Gasteiger partial charge in [-0.05, 0) is 67.9 Å². The number of aliphatic hydroxyl groups is 1. The lowest BCUT2D eigenvalue weighted by Gasteiger charge is -2.24. The number of Topliss-reactive ketones (excluding diaryl/α,β-unsaturated/α-hetero) is 1. The molecule has 1 fully saturated rings. The first kappa shape index (κ1) is 21.2. The molecular weight excluding hydrogens is 411 g/mol. The summed E-state index contributed by atoms with van der Waals surface area (Å²) in [7, 11) is 0. The van der Waals surface area contributed by atoms with Crippen molar-refractivity contribution < 1.29 is 23.8 Å². The van der Waals surface area contributed by atoms with Crippen LogP contribution in [-0.2, 0) is 9.59 Å². The number of ether oxygens (including phenoxy) is 1. The van der Waals surface area contributed by atoms with Crippen LogP contribution in [0.3, 0.4) is 0 Å². The number of carbonyl (C=O) groups is 2. The first-order chi connectivity index (χ1) is 15.4. The molecule has 0 saturated carbocycles. The lowest BCUT2D eigenvalue weighted by atomic mass is 9.95. The van der Waals surface area contributed by atoms with Crippen LogP contribution in [0, 0.1) is 5.82 Å². The van der Waals surface area contributed by atoms with E-state index < -0.39 is 23.5 Å². The van der Waals surface area contributed by atoms with Gasteiger partial charge in [-0.25, -0.2) is 9.37 Å². The van der Waals surface area contributed by atoms with Crippen LogP contribution in [-0.4, -0.2) is 27.9 Å². The molecule has 0 unspecified atom stereocenters. The summed E-state index contributed by atoms with van der Waals surface area (Å²) in [5.41, 5.74) is 0.731. The average Bonchev–Trinajstić information content (AvgIpc) is 3.05. The molecule has 1 aliphatic heterocycles. The largest absolute Gasteiger partial charge is 0.507 e. The quantitative estimate of drug-likeness (QED) is 0.361. The van der Waals surface area contributed by atoms with Gasteiger partial charge >= 0.3 is 5.91 Å². The van der Waals surface area contributed by atoms with E-state index in [1.165, 1.54) is 35.4 Å². The minimum atomic E-state index is -0.961. The molecule has 6 nitrogen and oxygen atoms in total. The third-order valence-electron chi connectivity index (χ3n) is 5.03. The molecule has 0 bridgehead atoms. The predicted octanol–water partition coefficient (Wildman–Crippen LogP) is 4.63. The molecule has 0 radical (unpaired) electrons. The van der Waals surface area contributed by atoms with Crippen LogP contribution in [0.25, 0.3) is 5.76 Å². The lowest BCUT2D eigenvalue weighted by Crippen LogP contribution is -2.30. The SMILES string of the molecule is CC(C)Oc1ccc(/C(O)=C2\C(=O)C(=O)N(c3ccccn3)[C@H]2c2ccc(F)cc2)cc1. The van der Waals surface area contributed by atoms with E-state index in [1.54, 1.807) is 42.5 Å². The average molecular weight is 432 g/mol. The van der Waals surface area contributed by atoms with Crippen LogP contribution < -0.4 is 9.64 Å². The minimum absolute atomic E-state index is 0.0170. The number of amides is 1. The summed E-state index contributed by atoms with van der Waals surface area (Å²) in [6.07, 6.45) is 1.49. The molecule has 2 aromatic carbocycles. The highest BCUT2D eigenvalue weighted by atomic mass is 19.1. The zero-order valence-corrected chi connectivity index (χ0v) is 17.5. The minimum Gasteiger partial charge on any atom is -0.507 e. The highest BCUT2D eigenvalue weighted by Gasteiger charge is 2.47. The Morgan fingerprint density at radius 3 is 2.31 bits per heavy atom. The standard InChI is InChI=1S/C25H21FN2O4/c1-15(2)32-19-12-8-17(9-13-19)23(29)21-22(16-6-10-18(26)11-7-16)28(25(31)24(21)30)20-5-3-4-14-27-20/h3-15,22,29H,1-2H3/b23-21+/t22-/m0/s1. The Morgan fingerprint density at radius 1 is 1.03 bits per heavy atom. The number of hydrogen-bond acceptors (Lipinski definition) is 5. The second kappa shape index (κ2) is 8.63. The van der Waals surface area contributed by atoms with Crippen LogP contribution in [0.15, 0.2) is 78.5 Å². The van der Waals surface area contributed by atoms with Crippen molar-refractivity contribution in [2.75, 3.05) is 4.90 Å². The number of anilines is 1. The maximum absolute atomic E-state index is 13.6. The molecule has 3 aromatic rings. The number of hydrogen-bond donors (Lipinski definition) is 1. The van der Waals surface area contributed by atoms with Gasteiger partial charge in [-0.3, -0.25) is 14.5 Å². The van der Waals surface area contributed by atoms with E-state index in [4.69, 9.17) is 4.74 Å². The Kier molecular flexibility index (Phi) is 5.73. The molecule has 1 amide bonds. The van der Waals surface area contributed by atoms with Crippen LogP contribution in [0.5, 0.6) is 5.75 Å². The number of pyridine rings is 1. The normalized spacial score (nSPS) is 17.8. The van der Waals surface area contributed by atoms with Crippen molar-refractivity contribution in [3.05, 3.63) is 95.4 Å². The van der Waals surface area contributed by atoms with Gasteiger partial charge in [0.2, 0.25) is 0 Å². The summed E-state index contributed by atoms with van der Waals surface area (Å²) in [6, 6.07) is 16.0. The van der Waals surface area contributed by atoms with Gasteiger partial charge in [-0.15, -0.1) is 0 Å². The Bertz CT molecular complexity index is 1170. The molecule has 32 heavy (non-hydrogen) atoms. The molecule has 1 atom stereocenters. The van der Waals surface area contributed by atoms with Crippen molar-refractivity contribution in [1.29, 1.82) is 0 Å². The zero-order valence-electron chi connectivity index (χ0n) is 17.5. The Morgan fingerprint density at radius 2 is 1.72 bits per heavy atom. The van der Waals surface area contributed by atoms with E-state index >= 15 is 0 Å². The molecular formula is C25H21FN2O4. The van der Waals surface area contributed by atoms with Crippen LogP contribution in [0.1, 0.15) is 31.0 Å². The number of carbonyl (C=O) groups excluding carboxylic acids is 2. The monoisotopic (exact) mass is 432 g/mol. The van der Waals surface area contributed by atoms with Gasteiger partial charge in [0.15, 0.2) is 0 Å². The Hall–Kier alpha value is -4.00. The zero-order chi connectivity index (χ0) is 22.8. The molecule has 1 aliphatic rings. The van der Waals surface area contributed by atoms with Gasteiger partial charge in [0.05, 0.1) is 17.7 Å². The summed E-state index contributed by atoms with van der Waals surface area (Å²) >= 11 is 0. The fourth-order valence-corrected chi connectivity index (χ4v) is 3.64. The molecule has 0 aliphatic carbocycles. The van der Waals surface area contributed by atoms with Gasteiger partial charge in [0.1, 0.15) is 23.1 Å². The lowest BCUT2D eigenvalue weighted by molar-refractivity contribution is -0.132. The fraction of sp³-hybridized carbons (Fsp3) is 0.160. The van der Waals surface area contributed by atoms with E-state index in [0.29, 0.717) is 16.9 Å². The number of nitrogens with zero attached hydrogens (tertiary/aromatic N) is 2. The van der Waals surface area contributed by atoms with E-state index in [1.807, 2.05) is 13.8 Å². The summed E-state index contributed by atoms with van der Waals surface area (Å²) in [5, 5.41) is 11.1. The van der Waals surface area contributed by atoms with Crippen LogP contribution in [0.2, 0.25) is 0 Å². The van der Waals surface area contributed by atoms with Crippen molar-refractivity contribution >= 4 is 23.3 Å². The Balaban J connectivity index is 1.85. The third-order valence-corrected chi connectivity index (χ3v) is 5.03. The van der Waals surface area contributed by atoms with Crippen molar-refractivity contribution in [1.82, 2.24) is 4.98 Å². The van der Waals surface area contributed by atoms with Gasteiger partial charge in [-0.1, -0.05) is 18.2 Å². The van der Waals surface area contributed by atoms with E-state index in [0.717, 1.165) is 0 Å². The summed E-state index contributed by atoms with van der Waals surface area (Å²) in [4.78, 5) is 31.4. The maximum atomic E-state index is 13.6. The predicted molar refractivity (Wildman–Crippen MR) is 118 cm³/mol.